The molecule has 0 spiro atoms. The minimum Gasteiger partial charge on any atom is -0.508 e. The second-order valence-corrected chi connectivity index (χ2v) is 3.63. The highest BCUT2D eigenvalue weighted by Gasteiger charge is 1.99. The maximum atomic E-state index is 9.18. The van der Waals surface area contributed by atoms with Gasteiger partial charge in [-0.25, -0.2) is 0 Å². The van der Waals surface area contributed by atoms with E-state index in [1.54, 1.807) is 30.3 Å². The lowest BCUT2D eigenvalue weighted by molar-refractivity contribution is 0.475. The molecule has 0 heterocycles. The number of rotatable bonds is 2. The largest absolute Gasteiger partial charge is 0.508 e. The van der Waals surface area contributed by atoms with Crippen LogP contribution in [0.2, 0.25) is 0 Å². The van der Waals surface area contributed by atoms with E-state index in [1.807, 2.05) is 30.3 Å². The van der Waals surface area contributed by atoms with Gasteiger partial charge in [-0.2, -0.15) is 5.26 Å². The second-order valence-electron chi connectivity index (χ2n) is 3.63. The fourth-order valence-corrected chi connectivity index (χ4v) is 1.54. The van der Waals surface area contributed by atoms with Gasteiger partial charge in [-0.05, 0) is 29.3 Å². The number of benzene rings is 2. The van der Waals surface area contributed by atoms with Crippen molar-refractivity contribution in [1.82, 2.24) is 0 Å². The summed E-state index contributed by atoms with van der Waals surface area (Å²) >= 11 is 0. The molecule has 2 nitrogen and oxygen atoms in total. The van der Waals surface area contributed by atoms with Crippen molar-refractivity contribution < 1.29 is 5.11 Å². The van der Waals surface area contributed by atoms with E-state index in [2.05, 4.69) is 6.07 Å². The van der Waals surface area contributed by atoms with Crippen LogP contribution in [0.15, 0.2) is 54.6 Å². The minimum atomic E-state index is 0.223. The quantitative estimate of drug-likeness (QED) is 0.623. The fraction of sp³-hybridized carbons (Fsp3) is 0. The van der Waals surface area contributed by atoms with E-state index in [4.69, 9.17) is 5.26 Å². The SMILES string of the molecule is N#C/C(=C/c1ccc(O)cc1)c1ccccc1. The van der Waals surface area contributed by atoms with Crippen molar-refractivity contribution in [2.24, 2.45) is 0 Å². The number of phenols is 1. The maximum Gasteiger partial charge on any atom is 0.115 e. The van der Waals surface area contributed by atoms with Crippen molar-refractivity contribution in [3.8, 4) is 11.8 Å². The molecule has 0 saturated heterocycles. The van der Waals surface area contributed by atoms with Gasteiger partial charge in [0.2, 0.25) is 0 Å². The number of allylic oxidation sites excluding steroid dienone is 1. The van der Waals surface area contributed by atoms with Gasteiger partial charge >= 0.3 is 0 Å². The van der Waals surface area contributed by atoms with Gasteiger partial charge in [0.05, 0.1) is 11.6 Å². The molecule has 0 saturated carbocycles. The van der Waals surface area contributed by atoms with E-state index < -0.39 is 0 Å². The van der Waals surface area contributed by atoms with Gasteiger partial charge in [-0.15, -0.1) is 0 Å². The molecule has 0 atom stereocenters. The smallest absolute Gasteiger partial charge is 0.115 e. The van der Waals surface area contributed by atoms with E-state index in [9.17, 15) is 5.11 Å². The molecular weight excluding hydrogens is 210 g/mol. The Labute approximate surface area is 100 Å². The third-order valence-electron chi connectivity index (χ3n) is 2.41. The summed E-state index contributed by atoms with van der Waals surface area (Å²) in [6.07, 6.45) is 1.80. The first-order chi connectivity index (χ1) is 8.29. The monoisotopic (exact) mass is 221 g/mol. The van der Waals surface area contributed by atoms with Gasteiger partial charge < -0.3 is 5.11 Å². The van der Waals surface area contributed by atoms with Crippen LogP contribution in [-0.2, 0) is 0 Å². The Morgan fingerprint density at radius 2 is 1.65 bits per heavy atom. The van der Waals surface area contributed by atoms with Crippen molar-refractivity contribution in [1.29, 1.82) is 5.26 Å². The van der Waals surface area contributed by atoms with Crippen molar-refractivity contribution in [2.45, 2.75) is 0 Å². The van der Waals surface area contributed by atoms with E-state index in [0.717, 1.165) is 11.1 Å². The van der Waals surface area contributed by atoms with Crippen molar-refractivity contribution >= 4 is 11.6 Å². The molecule has 17 heavy (non-hydrogen) atoms. The minimum absolute atomic E-state index is 0.223. The Morgan fingerprint density at radius 1 is 1.00 bits per heavy atom. The summed E-state index contributed by atoms with van der Waals surface area (Å²) in [6, 6.07) is 18.4. The first kappa shape index (κ1) is 11.0. The molecule has 0 aromatic heterocycles. The second kappa shape index (κ2) is 5.00. The summed E-state index contributed by atoms with van der Waals surface area (Å²) in [5.41, 5.74) is 2.39. The highest BCUT2D eigenvalue weighted by molar-refractivity contribution is 5.89. The third kappa shape index (κ3) is 2.73. The zero-order valence-corrected chi connectivity index (χ0v) is 9.17. The van der Waals surface area contributed by atoms with Crippen LogP contribution >= 0.6 is 0 Å². The first-order valence-electron chi connectivity index (χ1n) is 5.26. The van der Waals surface area contributed by atoms with Crippen molar-refractivity contribution in [3.05, 3.63) is 65.7 Å². The summed E-state index contributed by atoms with van der Waals surface area (Å²) in [7, 11) is 0. The zero-order valence-electron chi connectivity index (χ0n) is 9.17. The lowest BCUT2D eigenvalue weighted by Crippen LogP contribution is -1.80. The lowest BCUT2D eigenvalue weighted by Gasteiger charge is -1.99. The molecule has 2 aromatic carbocycles. The summed E-state index contributed by atoms with van der Waals surface area (Å²) in [5.74, 6) is 0.223. The number of hydrogen-bond acceptors (Lipinski definition) is 2. The van der Waals surface area contributed by atoms with Crippen LogP contribution in [0, 0.1) is 11.3 Å². The maximum absolute atomic E-state index is 9.18. The molecule has 0 aliphatic carbocycles. The zero-order chi connectivity index (χ0) is 12.1. The molecular formula is C15H11NO. The highest BCUT2D eigenvalue weighted by atomic mass is 16.3. The van der Waals surface area contributed by atoms with Crippen LogP contribution in [0.25, 0.3) is 11.6 Å². The number of phenolic OH excluding ortho intramolecular Hbond substituents is 1. The molecule has 2 aromatic rings. The van der Waals surface area contributed by atoms with Gasteiger partial charge in [-0.3, -0.25) is 0 Å². The lowest BCUT2D eigenvalue weighted by atomic mass is 10.0. The molecule has 0 aliphatic rings. The molecule has 0 amide bonds. The predicted molar refractivity (Wildman–Crippen MR) is 68.0 cm³/mol. The van der Waals surface area contributed by atoms with Crippen LogP contribution < -0.4 is 0 Å². The molecule has 0 radical (unpaired) electrons. The first-order valence-corrected chi connectivity index (χ1v) is 5.26. The standard InChI is InChI=1S/C15H11NO/c16-11-14(13-4-2-1-3-5-13)10-12-6-8-15(17)9-7-12/h1-10,17H/b14-10-. The predicted octanol–water partition coefficient (Wildman–Crippen LogP) is 3.46. The van der Waals surface area contributed by atoms with Gasteiger partial charge in [0.1, 0.15) is 5.75 Å². The van der Waals surface area contributed by atoms with Gasteiger partial charge in [-0.1, -0.05) is 42.5 Å². The van der Waals surface area contributed by atoms with Gasteiger partial charge in [0.25, 0.3) is 0 Å². The van der Waals surface area contributed by atoms with E-state index >= 15 is 0 Å². The average molecular weight is 221 g/mol. The third-order valence-corrected chi connectivity index (χ3v) is 2.41. The average Bonchev–Trinajstić information content (AvgIpc) is 2.39. The number of nitriles is 1. The summed E-state index contributed by atoms with van der Waals surface area (Å²) < 4.78 is 0. The summed E-state index contributed by atoms with van der Waals surface area (Å²) in [5, 5.41) is 18.3. The molecule has 0 fully saturated rings. The molecule has 2 rings (SSSR count). The van der Waals surface area contributed by atoms with E-state index in [-0.39, 0.29) is 5.75 Å². The van der Waals surface area contributed by atoms with Crippen LogP contribution in [0.4, 0.5) is 0 Å². The highest BCUT2D eigenvalue weighted by Crippen LogP contribution is 2.18. The van der Waals surface area contributed by atoms with Crippen LogP contribution in [0.3, 0.4) is 0 Å². The number of nitrogens with zero attached hydrogens (tertiary/aromatic N) is 1. The Hall–Kier alpha value is -2.53. The Balaban J connectivity index is 2.37. The topological polar surface area (TPSA) is 44.0 Å². The van der Waals surface area contributed by atoms with Crippen LogP contribution in [-0.4, -0.2) is 5.11 Å². The summed E-state index contributed by atoms with van der Waals surface area (Å²) in [6.45, 7) is 0. The fourth-order valence-electron chi connectivity index (χ4n) is 1.54. The van der Waals surface area contributed by atoms with Crippen molar-refractivity contribution in [2.75, 3.05) is 0 Å². The molecule has 1 N–H and O–H groups in total. The molecule has 82 valence electrons. The molecule has 0 aliphatic heterocycles. The summed E-state index contributed by atoms with van der Waals surface area (Å²) in [4.78, 5) is 0. The normalized spacial score (nSPS) is 10.9. The Morgan fingerprint density at radius 3 is 2.24 bits per heavy atom. The molecule has 0 unspecified atom stereocenters. The number of hydrogen-bond donors (Lipinski definition) is 1. The Kier molecular flexibility index (Phi) is 3.23. The van der Waals surface area contributed by atoms with Crippen LogP contribution in [0.1, 0.15) is 11.1 Å². The molecule has 0 bridgehead atoms. The van der Waals surface area contributed by atoms with E-state index in [1.165, 1.54) is 0 Å². The van der Waals surface area contributed by atoms with Crippen LogP contribution in [0.5, 0.6) is 5.75 Å². The molecule has 2 heteroatoms. The number of aromatic hydroxyl groups is 1. The van der Waals surface area contributed by atoms with Gasteiger partial charge in [0.15, 0.2) is 0 Å². The van der Waals surface area contributed by atoms with Gasteiger partial charge in [0, 0.05) is 0 Å². The Bertz CT molecular complexity index is 562. The van der Waals surface area contributed by atoms with Crippen molar-refractivity contribution in [3.63, 3.8) is 0 Å². The van der Waals surface area contributed by atoms with E-state index in [0.29, 0.717) is 5.57 Å².